The molecular formula is C37H32Cl3FN4O9. The molecule has 5 amide bonds. The summed E-state index contributed by atoms with van der Waals surface area (Å²) >= 11 is 18.0. The van der Waals surface area contributed by atoms with Crippen molar-refractivity contribution in [1.82, 2.24) is 10.2 Å². The van der Waals surface area contributed by atoms with Crippen LogP contribution in [0.3, 0.4) is 0 Å². The molecule has 0 saturated carbocycles. The molecule has 4 heterocycles. The predicted octanol–water partition coefficient (Wildman–Crippen LogP) is 4.55. The van der Waals surface area contributed by atoms with Gasteiger partial charge < -0.3 is 15.2 Å². The Labute approximate surface area is 322 Å². The van der Waals surface area contributed by atoms with Crippen LogP contribution in [0.4, 0.5) is 15.8 Å². The van der Waals surface area contributed by atoms with Crippen molar-refractivity contribution in [2.75, 3.05) is 29.4 Å². The van der Waals surface area contributed by atoms with Gasteiger partial charge in [-0.05, 0) is 81.8 Å². The number of carbonyl (C=O) groups is 7. The zero-order valence-corrected chi connectivity index (χ0v) is 31.3. The maximum absolute atomic E-state index is 14.2. The van der Waals surface area contributed by atoms with Gasteiger partial charge >= 0.3 is 11.9 Å². The number of benzene rings is 3. The van der Waals surface area contributed by atoms with Crippen molar-refractivity contribution >= 4 is 87.7 Å². The number of nitrogens with zero attached hydrogens (tertiary/aromatic N) is 3. The summed E-state index contributed by atoms with van der Waals surface area (Å²) in [6.07, 6.45) is -0.154. The number of hydrogen-bond donors (Lipinski definition) is 2. The molecule has 7 rings (SSSR count). The summed E-state index contributed by atoms with van der Waals surface area (Å²) in [5.74, 6) is -5.57. The summed E-state index contributed by atoms with van der Waals surface area (Å²) in [6, 6.07) is 13.0. The fourth-order valence-corrected chi connectivity index (χ4v) is 7.77. The fourth-order valence-electron chi connectivity index (χ4n) is 7.24. The van der Waals surface area contributed by atoms with E-state index in [1.165, 1.54) is 35.2 Å². The van der Waals surface area contributed by atoms with Gasteiger partial charge in [-0.25, -0.2) is 4.39 Å². The molecule has 3 aromatic carbocycles. The van der Waals surface area contributed by atoms with E-state index >= 15 is 0 Å². The molecule has 2 fully saturated rings. The van der Waals surface area contributed by atoms with Crippen LogP contribution >= 0.6 is 34.8 Å². The summed E-state index contributed by atoms with van der Waals surface area (Å²) < 4.78 is 19.5. The van der Waals surface area contributed by atoms with E-state index < -0.39 is 77.3 Å². The van der Waals surface area contributed by atoms with Crippen LogP contribution < -0.4 is 15.1 Å². The first-order valence-electron chi connectivity index (χ1n) is 16.5. The number of ether oxygens (including phenoxy) is 1. The lowest BCUT2D eigenvalue weighted by molar-refractivity contribution is -0.154. The highest BCUT2D eigenvalue weighted by Gasteiger charge is 2.64. The van der Waals surface area contributed by atoms with E-state index in [9.17, 15) is 43.1 Å². The van der Waals surface area contributed by atoms with E-state index in [-0.39, 0.29) is 39.3 Å². The second-order valence-corrected chi connectivity index (χ2v) is 15.4. The van der Waals surface area contributed by atoms with Crippen molar-refractivity contribution < 1.29 is 47.8 Å². The van der Waals surface area contributed by atoms with Crippen LogP contribution in [0.1, 0.15) is 50.3 Å². The Morgan fingerprint density at radius 1 is 0.796 bits per heavy atom. The number of halogens is 4. The van der Waals surface area contributed by atoms with Crippen molar-refractivity contribution in [3.05, 3.63) is 92.2 Å². The number of imide groups is 1. The number of fused-ring (bicyclic) bond motifs is 4. The van der Waals surface area contributed by atoms with Crippen molar-refractivity contribution in [2.24, 2.45) is 0 Å². The minimum atomic E-state index is -1.93. The number of carboxylic acid groups (broad SMARTS) is 1. The van der Waals surface area contributed by atoms with Crippen LogP contribution in [-0.4, -0.2) is 76.7 Å². The average molecular weight is 802 g/mol. The first-order chi connectivity index (χ1) is 25.3. The molecule has 2 saturated heterocycles. The molecule has 2 spiro atoms. The lowest BCUT2D eigenvalue weighted by atomic mass is 9.80. The Kier molecular flexibility index (Phi) is 10.0. The molecular weight excluding hydrogens is 770 g/mol. The average Bonchev–Trinajstić information content (AvgIpc) is 3.73. The molecule has 0 bridgehead atoms. The van der Waals surface area contributed by atoms with E-state index in [4.69, 9.17) is 39.5 Å². The van der Waals surface area contributed by atoms with E-state index in [1.807, 2.05) is 0 Å². The first-order valence-corrected chi connectivity index (χ1v) is 17.7. The Morgan fingerprint density at radius 2 is 1.31 bits per heavy atom. The van der Waals surface area contributed by atoms with Crippen molar-refractivity contribution in [3.8, 4) is 0 Å². The van der Waals surface area contributed by atoms with E-state index in [2.05, 4.69) is 5.32 Å². The summed E-state index contributed by atoms with van der Waals surface area (Å²) in [4.78, 5) is 91.3. The van der Waals surface area contributed by atoms with Gasteiger partial charge in [-0.2, -0.15) is 0 Å². The van der Waals surface area contributed by atoms with E-state index in [0.717, 1.165) is 15.9 Å². The van der Waals surface area contributed by atoms with Crippen molar-refractivity contribution in [1.29, 1.82) is 0 Å². The number of carboxylic acids is 1. The molecule has 4 aliphatic rings. The second-order valence-electron chi connectivity index (χ2n) is 14.1. The number of amides is 5. The standard InChI is InChI=1S/C20H13Cl2FN2O5.C17H19ClN2O4/c21-11-1-3-14(23)10(5-11)8-25-16(26)7-20(19(25)30)13-6-12(22)2-4-15(13)24(18(20)29)9-17(27)28;1-16(2,3)24-13(21)9-20-12-5-4-10(18)8-11(12)17(15(20)23)6-7-19-14(17)22/h1-6H,7-9H2,(H,27,28);4-5,8H,6-7,9H2,1-3H3,(H,19,22). The number of carbonyl (C=O) groups excluding carboxylic acids is 6. The lowest BCUT2D eigenvalue weighted by Gasteiger charge is -2.24. The third-order valence-corrected chi connectivity index (χ3v) is 10.2. The molecule has 2 unspecified atom stereocenters. The zero-order valence-electron chi connectivity index (χ0n) is 29.0. The molecule has 3 aromatic rings. The largest absolute Gasteiger partial charge is 0.480 e. The maximum atomic E-state index is 14.2. The van der Waals surface area contributed by atoms with Gasteiger partial charge in [0.2, 0.25) is 29.5 Å². The number of aliphatic carboxylic acids is 1. The molecule has 2 N–H and O–H groups in total. The third-order valence-electron chi connectivity index (χ3n) is 9.48. The molecule has 282 valence electrons. The van der Waals surface area contributed by atoms with Gasteiger partial charge in [-0.15, -0.1) is 0 Å². The van der Waals surface area contributed by atoms with Gasteiger partial charge in [0.15, 0.2) is 10.8 Å². The minimum Gasteiger partial charge on any atom is -0.480 e. The Hall–Kier alpha value is -5.05. The van der Waals surface area contributed by atoms with Gasteiger partial charge in [0.25, 0.3) is 0 Å². The molecule has 0 radical (unpaired) electrons. The highest BCUT2D eigenvalue weighted by atomic mass is 35.5. The van der Waals surface area contributed by atoms with Crippen LogP contribution in [0.2, 0.25) is 15.1 Å². The smallest absolute Gasteiger partial charge is 0.326 e. The van der Waals surface area contributed by atoms with E-state index in [1.54, 1.807) is 39.0 Å². The van der Waals surface area contributed by atoms with Gasteiger partial charge in [-0.3, -0.25) is 48.3 Å². The second kappa shape index (κ2) is 14.0. The van der Waals surface area contributed by atoms with Gasteiger partial charge in [0.05, 0.1) is 13.0 Å². The molecule has 13 nitrogen and oxygen atoms in total. The van der Waals surface area contributed by atoms with E-state index in [0.29, 0.717) is 29.2 Å². The predicted molar refractivity (Wildman–Crippen MR) is 194 cm³/mol. The van der Waals surface area contributed by atoms with Gasteiger partial charge in [0.1, 0.15) is 24.5 Å². The highest BCUT2D eigenvalue weighted by molar-refractivity contribution is 6.33. The fraction of sp³-hybridized carbons (Fsp3) is 0.324. The molecule has 0 aliphatic carbocycles. The summed E-state index contributed by atoms with van der Waals surface area (Å²) in [6.45, 7) is 4.37. The SMILES string of the molecule is CC(C)(C)OC(=O)CN1C(=O)C2(CCNC2=O)c2cc(Cl)ccc21.O=C(O)CN1C(=O)C2(CC(=O)N(Cc3cc(Cl)ccc3F)C2=O)c2cc(Cl)ccc21. The van der Waals surface area contributed by atoms with Crippen molar-refractivity contribution in [3.63, 3.8) is 0 Å². The number of esters is 1. The Balaban J connectivity index is 0.000000189. The summed E-state index contributed by atoms with van der Waals surface area (Å²) in [5, 5.41) is 12.8. The normalized spacial score (nSPS) is 21.5. The topological polar surface area (TPSA) is 171 Å². The zero-order chi connectivity index (χ0) is 39.5. The van der Waals surface area contributed by atoms with Crippen LogP contribution in [0, 0.1) is 5.82 Å². The summed E-state index contributed by atoms with van der Waals surface area (Å²) in [7, 11) is 0. The van der Waals surface area contributed by atoms with Crippen LogP contribution in [0.5, 0.6) is 0 Å². The Morgan fingerprint density at radius 3 is 1.87 bits per heavy atom. The molecule has 54 heavy (non-hydrogen) atoms. The third kappa shape index (κ3) is 6.56. The summed E-state index contributed by atoms with van der Waals surface area (Å²) in [5.41, 5.74) is -2.40. The lowest BCUT2D eigenvalue weighted by Crippen LogP contribution is -2.47. The van der Waals surface area contributed by atoms with Crippen LogP contribution in [0.25, 0.3) is 0 Å². The number of nitrogens with one attached hydrogen (secondary N) is 1. The Bertz CT molecular complexity index is 2180. The quantitative estimate of drug-likeness (QED) is 0.206. The van der Waals surface area contributed by atoms with Gasteiger partial charge in [-0.1, -0.05) is 34.8 Å². The van der Waals surface area contributed by atoms with Crippen LogP contribution in [0.15, 0.2) is 54.6 Å². The van der Waals surface area contributed by atoms with Gasteiger partial charge in [0, 0.05) is 49.7 Å². The molecule has 0 aromatic heterocycles. The van der Waals surface area contributed by atoms with Crippen LogP contribution in [-0.2, 0) is 55.7 Å². The molecule has 17 heteroatoms. The molecule has 2 atom stereocenters. The molecule has 4 aliphatic heterocycles. The monoisotopic (exact) mass is 800 g/mol. The number of anilines is 2. The number of rotatable bonds is 6. The number of likely N-dealkylation sites (tertiary alicyclic amines) is 1. The first kappa shape index (κ1) is 38.7. The maximum Gasteiger partial charge on any atom is 0.326 e. The minimum absolute atomic E-state index is 0.0143. The number of hydrogen-bond acceptors (Lipinski definition) is 8. The van der Waals surface area contributed by atoms with Crippen molar-refractivity contribution in [2.45, 2.75) is 56.6 Å². The highest BCUT2D eigenvalue weighted by Crippen LogP contribution is 2.50.